The molecule has 0 radical (unpaired) electrons. The first-order chi connectivity index (χ1) is 9.11. The van der Waals surface area contributed by atoms with E-state index in [4.69, 9.17) is 5.73 Å². The van der Waals surface area contributed by atoms with E-state index in [-0.39, 0.29) is 5.54 Å². The quantitative estimate of drug-likeness (QED) is 0.821. The van der Waals surface area contributed by atoms with E-state index in [0.717, 1.165) is 25.9 Å². The van der Waals surface area contributed by atoms with Gasteiger partial charge in [0.05, 0.1) is 5.54 Å². The van der Waals surface area contributed by atoms with Gasteiger partial charge in [-0.2, -0.15) is 0 Å². The van der Waals surface area contributed by atoms with Gasteiger partial charge in [0.2, 0.25) is 0 Å². The summed E-state index contributed by atoms with van der Waals surface area (Å²) in [5.74, 6) is 0. The van der Waals surface area contributed by atoms with Gasteiger partial charge in [0.1, 0.15) is 0 Å². The van der Waals surface area contributed by atoms with Crippen LogP contribution in [0.3, 0.4) is 0 Å². The van der Waals surface area contributed by atoms with Crippen molar-refractivity contribution in [1.29, 1.82) is 0 Å². The molecule has 2 atom stereocenters. The second-order valence-electron chi connectivity index (χ2n) is 5.53. The molecule has 1 aliphatic rings. The minimum Gasteiger partial charge on any atom is -0.320 e. The van der Waals surface area contributed by atoms with Crippen molar-refractivity contribution >= 4 is 0 Å². The van der Waals surface area contributed by atoms with Gasteiger partial charge in [-0.3, -0.25) is 4.90 Å². The number of fused-ring (bicyclic) bond motifs is 1. The monoisotopic (exact) mass is 256 g/mol. The Hall–Kier alpha value is -1.38. The molecule has 0 spiro atoms. The number of nitrogens with two attached hydrogens (primary N) is 1. The summed E-state index contributed by atoms with van der Waals surface area (Å²) < 4.78 is 0. The average molecular weight is 256 g/mol. The molecule has 19 heavy (non-hydrogen) atoms. The van der Waals surface area contributed by atoms with Crippen LogP contribution in [-0.2, 0) is 12.0 Å². The molecule has 0 fully saturated rings. The molecular formula is C17H24N2. The van der Waals surface area contributed by atoms with Crippen LogP contribution in [0.5, 0.6) is 0 Å². The lowest BCUT2D eigenvalue weighted by molar-refractivity contribution is 0.136. The van der Waals surface area contributed by atoms with Crippen molar-refractivity contribution in [2.45, 2.75) is 31.3 Å². The Kier molecular flexibility index (Phi) is 4.23. The van der Waals surface area contributed by atoms with Crippen molar-refractivity contribution in [3.05, 3.63) is 60.7 Å². The first-order valence-corrected chi connectivity index (χ1v) is 6.94. The molecule has 2 N–H and O–H groups in total. The zero-order chi connectivity index (χ0) is 13.9. The summed E-state index contributed by atoms with van der Waals surface area (Å²) in [6.45, 7) is 11.6. The summed E-state index contributed by atoms with van der Waals surface area (Å²) in [7, 11) is 0. The van der Waals surface area contributed by atoms with Crippen LogP contribution < -0.4 is 5.73 Å². The summed E-state index contributed by atoms with van der Waals surface area (Å²) in [6, 6.07) is 8.88. The number of nitrogens with zero attached hydrogens (tertiary/aromatic N) is 1. The van der Waals surface area contributed by atoms with Crippen molar-refractivity contribution in [3.8, 4) is 0 Å². The molecule has 1 aliphatic carbocycles. The third kappa shape index (κ3) is 2.65. The zero-order valence-corrected chi connectivity index (χ0v) is 11.8. The van der Waals surface area contributed by atoms with Gasteiger partial charge in [0.25, 0.3) is 0 Å². The molecule has 2 heteroatoms. The lowest BCUT2D eigenvalue weighted by Crippen LogP contribution is -2.56. The maximum Gasteiger partial charge on any atom is 0.0541 e. The van der Waals surface area contributed by atoms with Gasteiger partial charge >= 0.3 is 0 Å². The normalized spacial score (nSPS) is 25.9. The maximum atomic E-state index is 6.68. The second kappa shape index (κ2) is 5.72. The fourth-order valence-electron chi connectivity index (χ4n) is 3.26. The van der Waals surface area contributed by atoms with Crippen molar-refractivity contribution in [3.63, 3.8) is 0 Å². The Bertz CT molecular complexity index is 452. The molecule has 0 amide bonds. The highest BCUT2D eigenvalue weighted by atomic mass is 15.2. The Labute approximate surface area is 116 Å². The molecular weight excluding hydrogens is 232 g/mol. The summed E-state index contributed by atoms with van der Waals surface area (Å²) in [5, 5.41) is 0. The van der Waals surface area contributed by atoms with Gasteiger partial charge < -0.3 is 5.73 Å². The second-order valence-corrected chi connectivity index (χ2v) is 5.53. The molecule has 0 saturated carbocycles. The number of benzene rings is 1. The van der Waals surface area contributed by atoms with E-state index < -0.39 is 0 Å². The highest BCUT2D eigenvalue weighted by molar-refractivity contribution is 5.37. The van der Waals surface area contributed by atoms with Crippen LogP contribution in [0, 0.1) is 0 Å². The van der Waals surface area contributed by atoms with Crippen LogP contribution in [0.1, 0.15) is 24.5 Å². The summed E-state index contributed by atoms with van der Waals surface area (Å²) in [6.07, 6.45) is 6.07. The third-order valence-electron chi connectivity index (χ3n) is 4.15. The zero-order valence-electron chi connectivity index (χ0n) is 11.8. The van der Waals surface area contributed by atoms with Crippen molar-refractivity contribution in [2.75, 3.05) is 13.1 Å². The van der Waals surface area contributed by atoms with Crippen LogP contribution in [-0.4, -0.2) is 24.0 Å². The SMILES string of the molecule is C=CCN(CC=C)C1CCc2ccccc2C1(C)N. The fourth-order valence-corrected chi connectivity index (χ4v) is 3.26. The standard InChI is InChI=1S/C17H24N2/c1-4-12-19(13-5-2)16-11-10-14-8-6-7-9-15(14)17(16,3)18/h4-9,16H,1-2,10-13,18H2,3H3. The molecule has 0 aromatic heterocycles. The van der Waals surface area contributed by atoms with E-state index in [0.29, 0.717) is 6.04 Å². The van der Waals surface area contributed by atoms with E-state index in [9.17, 15) is 0 Å². The molecule has 0 saturated heterocycles. The minimum atomic E-state index is -0.319. The first kappa shape index (κ1) is 14.0. The lowest BCUT2D eigenvalue weighted by Gasteiger charge is -2.45. The van der Waals surface area contributed by atoms with Crippen LogP contribution >= 0.6 is 0 Å². The lowest BCUT2D eigenvalue weighted by atomic mass is 9.74. The van der Waals surface area contributed by atoms with E-state index >= 15 is 0 Å². The molecule has 1 aromatic carbocycles. The van der Waals surface area contributed by atoms with Crippen LogP contribution in [0.2, 0.25) is 0 Å². The molecule has 1 aromatic rings. The van der Waals surface area contributed by atoms with Gasteiger partial charge in [0, 0.05) is 19.1 Å². The van der Waals surface area contributed by atoms with Crippen molar-refractivity contribution in [1.82, 2.24) is 4.90 Å². The molecule has 2 nitrogen and oxygen atoms in total. The first-order valence-electron chi connectivity index (χ1n) is 6.94. The highest BCUT2D eigenvalue weighted by Gasteiger charge is 2.39. The predicted molar refractivity (Wildman–Crippen MR) is 82.1 cm³/mol. The minimum absolute atomic E-state index is 0.319. The number of aryl methyl sites for hydroxylation is 1. The van der Waals surface area contributed by atoms with Crippen LogP contribution in [0.15, 0.2) is 49.6 Å². The third-order valence-corrected chi connectivity index (χ3v) is 4.15. The number of hydrogen-bond acceptors (Lipinski definition) is 2. The summed E-state index contributed by atoms with van der Waals surface area (Å²) in [5.41, 5.74) is 9.04. The Morgan fingerprint density at radius 2 is 1.95 bits per heavy atom. The Morgan fingerprint density at radius 1 is 1.32 bits per heavy atom. The molecule has 2 unspecified atom stereocenters. The molecule has 0 aliphatic heterocycles. The molecule has 102 valence electrons. The van der Waals surface area contributed by atoms with Gasteiger partial charge in [-0.15, -0.1) is 13.2 Å². The number of rotatable bonds is 5. The largest absolute Gasteiger partial charge is 0.320 e. The van der Waals surface area contributed by atoms with Crippen LogP contribution in [0.4, 0.5) is 0 Å². The van der Waals surface area contributed by atoms with Crippen molar-refractivity contribution in [2.24, 2.45) is 5.73 Å². The van der Waals surface area contributed by atoms with Gasteiger partial charge in [-0.1, -0.05) is 36.4 Å². The smallest absolute Gasteiger partial charge is 0.0541 e. The van der Waals surface area contributed by atoms with E-state index in [1.807, 2.05) is 12.2 Å². The van der Waals surface area contributed by atoms with Gasteiger partial charge in [-0.05, 0) is 30.9 Å². The van der Waals surface area contributed by atoms with Gasteiger partial charge in [0.15, 0.2) is 0 Å². The maximum absolute atomic E-state index is 6.68. The topological polar surface area (TPSA) is 29.3 Å². The predicted octanol–water partition coefficient (Wildman–Crippen LogP) is 2.85. The van der Waals surface area contributed by atoms with E-state index in [2.05, 4.69) is 49.2 Å². The highest BCUT2D eigenvalue weighted by Crippen LogP contribution is 2.35. The van der Waals surface area contributed by atoms with E-state index in [1.54, 1.807) is 0 Å². The molecule has 2 rings (SSSR count). The van der Waals surface area contributed by atoms with E-state index in [1.165, 1.54) is 11.1 Å². The molecule has 0 bridgehead atoms. The number of hydrogen-bond donors (Lipinski definition) is 1. The summed E-state index contributed by atoms with van der Waals surface area (Å²) >= 11 is 0. The summed E-state index contributed by atoms with van der Waals surface area (Å²) in [4.78, 5) is 2.37. The van der Waals surface area contributed by atoms with Gasteiger partial charge in [-0.25, -0.2) is 0 Å². The fraction of sp³-hybridized carbons (Fsp3) is 0.412. The van der Waals surface area contributed by atoms with Crippen molar-refractivity contribution < 1.29 is 0 Å². The molecule has 0 heterocycles. The average Bonchev–Trinajstić information content (AvgIpc) is 2.39. The Balaban J connectivity index is 2.33. The van der Waals surface area contributed by atoms with Crippen LogP contribution in [0.25, 0.3) is 0 Å². The Morgan fingerprint density at radius 3 is 2.58 bits per heavy atom.